The first-order valence-corrected chi connectivity index (χ1v) is 9.12. The molecule has 4 aromatic rings. The molecule has 2 aromatic heterocycles. The quantitative estimate of drug-likeness (QED) is 0.390. The van der Waals surface area contributed by atoms with Crippen LogP contribution in [0.3, 0.4) is 0 Å². The number of aromatic nitrogens is 1. The van der Waals surface area contributed by atoms with E-state index in [0.717, 1.165) is 27.5 Å². The number of ether oxygens (including phenoxy) is 1. The molecule has 0 bridgehead atoms. The van der Waals surface area contributed by atoms with Crippen LogP contribution >= 0.6 is 0 Å². The first-order valence-electron chi connectivity index (χ1n) is 9.12. The zero-order valence-corrected chi connectivity index (χ0v) is 16.3. The number of carbonyl (C=O) groups is 1. The highest BCUT2D eigenvalue weighted by molar-refractivity contribution is 6.10. The summed E-state index contributed by atoms with van der Waals surface area (Å²) in [6.45, 7) is 5.48. The topological polar surface area (TPSA) is 61.4 Å². The van der Waals surface area contributed by atoms with Crippen LogP contribution in [0.4, 0.5) is 0 Å². The standard InChI is InChI=1S/C23H21NO4/c1-13-14(2)23(26)28-21-11-16(9-10-17(13)21)27-12-20(25)22-15(3)24(4)19-8-6-5-7-18(19)22/h5-11H,12H2,1-4H3. The van der Waals surface area contributed by atoms with Gasteiger partial charge >= 0.3 is 5.63 Å². The molecule has 5 nitrogen and oxygen atoms in total. The largest absolute Gasteiger partial charge is 0.485 e. The SMILES string of the molecule is Cc1c(C)c2ccc(OCC(=O)c3c(C)n(C)c4ccccc34)cc2oc1=O. The normalized spacial score (nSPS) is 11.3. The molecule has 5 heteroatoms. The van der Waals surface area contributed by atoms with E-state index < -0.39 is 0 Å². The van der Waals surface area contributed by atoms with Crippen molar-refractivity contribution in [3.8, 4) is 5.75 Å². The highest BCUT2D eigenvalue weighted by atomic mass is 16.5. The molecule has 0 saturated carbocycles. The second-order valence-electron chi connectivity index (χ2n) is 7.05. The third kappa shape index (κ3) is 2.80. The van der Waals surface area contributed by atoms with Crippen molar-refractivity contribution < 1.29 is 13.9 Å². The molecule has 0 amide bonds. The molecule has 0 fully saturated rings. The van der Waals surface area contributed by atoms with Crippen molar-refractivity contribution in [3.05, 3.63) is 75.3 Å². The van der Waals surface area contributed by atoms with Crippen molar-refractivity contribution in [2.45, 2.75) is 20.8 Å². The van der Waals surface area contributed by atoms with Gasteiger partial charge in [0.2, 0.25) is 5.78 Å². The van der Waals surface area contributed by atoms with Crippen LogP contribution in [0.2, 0.25) is 0 Å². The summed E-state index contributed by atoms with van der Waals surface area (Å²) in [6, 6.07) is 13.1. The number of fused-ring (bicyclic) bond motifs is 2. The number of hydrogen-bond acceptors (Lipinski definition) is 4. The van der Waals surface area contributed by atoms with Crippen LogP contribution < -0.4 is 10.4 Å². The third-order valence-electron chi connectivity index (χ3n) is 5.48. The lowest BCUT2D eigenvalue weighted by Crippen LogP contribution is -2.13. The Hall–Kier alpha value is -3.34. The summed E-state index contributed by atoms with van der Waals surface area (Å²) in [6.07, 6.45) is 0. The molecule has 142 valence electrons. The summed E-state index contributed by atoms with van der Waals surface area (Å²) in [5, 5.41) is 1.78. The highest BCUT2D eigenvalue weighted by Crippen LogP contribution is 2.27. The van der Waals surface area contributed by atoms with Crippen molar-refractivity contribution >= 4 is 27.7 Å². The van der Waals surface area contributed by atoms with Crippen molar-refractivity contribution in [2.75, 3.05) is 6.61 Å². The summed E-state index contributed by atoms with van der Waals surface area (Å²) in [7, 11) is 1.95. The second kappa shape index (κ2) is 6.68. The highest BCUT2D eigenvalue weighted by Gasteiger charge is 2.19. The lowest BCUT2D eigenvalue weighted by molar-refractivity contribution is 0.0922. The molecule has 2 heterocycles. The molecular formula is C23H21NO4. The molecule has 0 atom stereocenters. The van der Waals surface area contributed by atoms with Crippen LogP contribution in [0, 0.1) is 20.8 Å². The molecular weight excluding hydrogens is 354 g/mol. The van der Waals surface area contributed by atoms with Gasteiger partial charge in [0.1, 0.15) is 11.3 Å². The first-order chi connectivity index (χ1) is 13.4. The van der Waals surface area contributed by atoms with Gasteiger partial charge in [-0.05, 0) is 44.5 Å². The van der Waals surface area contributed by atoms with E-state index in [0.29, 0.717) is 22.5 Å². The summed E-state index contributed by atoms with van der Waals surface area (Å²) < 4.78 is 13.1. The van der Waals surface area contributed by atoms with E-state index >= 15 is 0 Å². The van der Waals surface area contributed by atoms with Gasteiger partial charge in [-0.25, -0.2) is 4.79 Å². The van der Waals surface area contributed by atoms with E-state index in [1.165, 1.54) is 0 Å². The van der Waals surface area contributed by atoms with E-state index in [1.54, 1.807) is 19.1 Å². The Balaban J connectivity index is 1.63. The number of rotatable bonds is 4. The maximum Gasteiger partial charge on any atom is 0.339 e. The van der Waals surface area contributed by atoms with Gasteiger partial charge in [-0.1, -0.05) is 18.2 Å². The lowest BCUT2D eigenvalue weighted by atomic mass is 10.1. The van der Waals surface area contributed by atoms with E-state index in [1.807, 2.05) is 55.8 Å². The molecule has 0 spiro atoms. The number of nitrogens with zero attached hydrogens (tertiary/aromatic N) is 1. The molecule has 0 aliphatic rings. The summed E-state index contributed by atoms with van der Waals surface area (Å²) in [5.74, 6) is 0.404. The number of aryl methyl sites for hydroxylation is 2. The Labute approximate surface area is 162 Å². The Morgan fingerprint density at radius 1 is 1.04 bits per heavy atom. The van der Waals surface area contributed by atoms with Gasteiger partial charge in [0.25, 0.3) is 0 Å². The summed E-state index contributed by atoms with van der Waals surface area (Å²) >= 11 is 0. The third-order valence-corrected chi connectivity index (χ3v) is 5.48. The summed E-state index contributed by atoms with van der Waals surface area (Å²) in [5.41, 5.74) is 4.19. The maximum atomic E-state index is 12.9. The Bertz CT molecular complexity index is 1290. The average Bonchev–Trinajstić information content (AvgIpc) is 2.95. The van der Waals surface area contributed by atoms with Gasteiger partial charge < -0.3 is 13.7 Å². The minimum atomic E-state index is -0.357. The van der Waals surface area contributed by atoms with Crippen LogP contribution in [-0.2, 0) is 7.05 Å². The van der Waals surface area contributed by atoms with Crippen molar-refractivity contribution in [3.63, 3.8) is 0 Å². The van der Waals surface area contributed by atoms with E-state index in [9.17, 15) is 9.59 Å². The van der Waals surface area contributed by atoms with Crippen LogP contribution in [0.25, 0.3) is 21.9 Å². The van der Waals surface area contributed by atoms with E-state index in [2.05, 4.69) is 0 Å². The Kier molecular flexibility index (Phi) is 4.30. The molecule has 28 heavy (non-hydrogen) atoms. The van der Waals surface area contributed by atoms with Gasteiger partial charge in [-0.2, -0.15) is 0 Å². The maximum absolute atomic E-state index is 12.9. The number of para-hydroxylation sites is 1. The number of ketones is 1. The fourth-order valence-corrected chi connectivity index (χ4v) is 3.61. The van der Waals surface area contributed by atoms with Gasteiger partial charge in [-0.15, -0.1) is 0 Å². The smallest absolute Gasteiger partial charge is 0.339 e. The lowest BCUT2D eigenvalue weighted by Gasteiger charge is -2.09. The van der Waals surface area contributed by atoms with E-state index in [-0.39, 0.29) is 18.0 Å². The fourth-order valence-electron chi connectivity index (χ4n) is 3.61. The Morgan fingerprint density at radius 2 is 1.79 bits per heavy atom. The average molecular weight is 375 g/mol. The minimum Gasteiger partial charge on any atom is -0.485 e. The number of benzene rings is 2. The molecule has 0 aliphatic heterocycles. The molecule has 2 aromatic carbocycles. The molecule has 4 rings (SSSR count). The molecule has 0 aliphatic carbocycles. The summed E-state index contributed by atoms with van der Waals surface area (Å²) in [4.78, 5) is 24.8. The zero-order valence-electron chi connectivity index (χ0n) is 16.3. The van der Waals surface area contributed by atoms with E-state index in [4.69, 9.17) is 9.15 Å². The van der Waals surface area contributed by atoms with Gasteiger partial charge in [0.15, 0.2) is 6.61 Å². The monoisotopic (exact) mass is 375 g/mol. The van der Waals surface area contributed by atoms with Crippen molar-refractivity contribution in [1.29, 1.82) is 0 Å². The molecule has 0 N–H and O–H groups in total. The predicted octanol–water partition coefficient (Wildman–Crippen LogP) is 4.47. The molecule has 0 saturated heterocycles. The van der Waals surface area contributed by atoms with Crippen LogP contribution in [0.15, 0.2) is 51.7 Å². The number of Topliss-reactive ketones (excluding diaryl/α,β-unsaturated/α-hetero) is 1. The minimum absolute atomic E-state index is 0.0871. The van der Waals surface area contributed by atoms with Crippen molar-refractivity contribution in [1.82, 2.24) is 4.57 Å². The van der Waals surface area contributed by atoms with Crippen LogP contribution in [-0.4, -0.2) is 17.0 Å². The first kappa shape index (κ1) is 18.0. The molecule has 0 unspecified atom stereocenters. The van der Waals surface area contributed by atoms with Crippen molar-refractivity contribution in [2.24, 2.45) is 7.05 Å². The van der Waals surface area contributed by atoms with Crippen LogP contribution in [0.5, 0.6) is 5.75 Å². The fraction of sp³-hybridized carbons (Fsp3) is 0.217. The van der Waals surface area contributed by atoms with Gasteiger partial charge in [0.05, 0.1) is 0 Å². The Morgan fingerprint density at radius 3 is 2.57 bits per heavy atom. The van der Waals surface area contributed by atoms with Crippen LogP contribution in [0.1, 0.15) is 27.2 Å². The van der Waals surface area contributed by atoms with Gasteiger partial charge in [0, 0.05) is 46.2 Å². The number of hydrogen-bond donors (Lipinski definition) is 0. The number of carbonyl (C=O) groups excluding carboxylic acids is 1. The predicted molar refractivity (Wildman–Crippen MR) is 109 cm³/mol. The zero-order chi connectivity index (χ0) is 20.0. The second-order valence-corrected chi connectivity index (χ2v) is 7.05. The van der Waals surface area contributed by atoms with Gasteiger partial charge in [-0.3, -0.25) is 4.79 Å². The molecule has 0 radical (unpaired) electrons.